The molecule has 0 amide bonds. The second-order valence-corrected chi connectivity index (χ2v) is 8.01. The van der Waals surface area contributed by atoms with Crippen molar-refractivity contribution in [3.63, 3.8) is 0 Å². The number of rotatable bonds is 6. The van der Waals surface area contributed by atoms with Gasteiger partial charge in [0.2, 0.25) is 0 Å². The van der Waals surface area contributed by atoms with Gasteiger partial charge in [0.05, 0.1) is 11.7 Å². The SMILES string of the molecule is CCC1CCCCC1OC1(CNC(C)C)CCC(C)CC1. The maximum atomic E-state index is 6.86. The Kier molecular flexibility index (Phi) is 6.55. The van der Waals surface area contributed by atoms with Crippen molar-refractivity contribution in [2.75, 3.05) is 6.54 Å². The Morgan fingerprint density at radius 3 is 2.38 bits per heavy atom. The van der Waals surface area contributed by atoms with Crippen molar-refractivity contribution in [2.45, 2.75) is 103 Å². The molecule has 0 aromatic rings. The molecule has 2 atom stereocenters. The summed E-state index contributed by atoms with van der Waals surface area (Å²) in [6.07, 6.45) is 12.4. The van der Waals surface area contributed by atoms with Crippen LogP contribution in [-0.2, 0) is 4.74 Å². The average Bonchev–Trinajstić information content (AvgIpc) is 2.49. The van der Waals surface area contributed by atoms with E-state index < -0.39 is 0 Å². The zero-order valence-electron chi connectivity index (χ0n) is 14.8. The fraction of sp³-hybridized carbons (Fsp3) is 1.00. The van der Waals surface area contributed by atoms with Crippen LogP contribution in [0.25, 0.3) is 0 Å². The summed E-state index contributed by atoms with van der Waals surface area (Å²) < 4.78 is 6.86. The third kappa shape index (κ3) is 4.96. The van der Waals surface area contributed by atoms with E-state index in [1.807, 2.05) is 0 Å². The second-order valence-electron chi connectivity index (χ2n) is 8.01. The summed E-state index contributed by atoms with van der Waals surface area (Å²) in [6.45, 7) is 10.3. The van der Waals surface area contributed by atoms with E-state index in [4.69, 9.17) is 4.74 Å². The van der Waals surface area contributed by atoms with Gasteiger partial charge in [-0.2, -0.15) is 0 Å². The summed E-state index contributed by atoms with van der Waals surface area (Å²) in [7, 11) is 0. The molecule has 124 valence electrons. The molecule has 2 aliphatic rings. The van der Waals surface area contributed by atoms with Gasteiger partial charge in [-0.3, -0.25) is 0 Å². The van der Waals surface area contributed by atoms with E-state index in [9.17, 15) is 0 Å². The Balaban J connectivity index is 2.00. The Morgan fingerprint density at radius 2 is 1.76 bits per heavy atom. The second kappa shape index (κ2) is 7.97. The van der Waals surface area contributed by atoms with Crippen LogP contribution in [-0.4, -0.2) is 24.3 Å². The van der Waals surface area contributed by atoms with Crippen LogP contribution in [0.1, 0.15) is 85.5 Å². The van der Waals surface area contributed by atoms with E-state index >= 15 is 0 Å². The van der Waals surface area contributed by atoms with Crippen LogP contribution in [0, 0.1) is 11.8 Å². The lowest BCUT2D eigenvalue weighted by atomic mass is 9.78. The van der Waals surface area contributed by atoms with Gasteiger partial charge in [-0.25, -0.2) is 0 Å². The summed E-state index contributed by atoms with van der Waals surface area (Å²) in [4.78, 5) is 0. The first-order chi connectivity index (χ1) is 10.0. The van der Waals surface area contributed by atoms with Crippen LogP contribution in [0.4, 0.5) is 0 Å². The molecule has 0 saturated heterocycles. The minimum absolute atomic E-state index is 0.117. The highest BCUT2D eigenvalue weighted by Gasteiger charge is 2.39. The quantitative estimate of drug-likeness (QED) is 0.751. The van der Waals surface area contributed by atoms with Gasteiger partial charge in [-0.05, 0) is 50.4 Å². The van der Waals surface area contributed by atoms with E-state index in [0.717, 1.165) is 18.4 Å². The molecule has 21 heavy (non-hydrogen) atoms. The van der Waals surface area contributed by atoms with Crippen molar-refractivity contribution >= 4 is 0 Å². The monoisotopic (exact) mass is 295 g/mol. The van der Waals surface area contributed by atoms with Crippen LogP contribution in [0.5, 0.6) is 0 Å². The lowest BCUT2D eigenvalue weighted by Gasteiger charge is -2.45. The van der Waals surface area contributed by atoms with Gasteiger partial charge in [-0.15, -0.1) is 0 Å². The average molecular weight is 296 g/mol. The normalized spacial score (nSPS) is 37.9. The Hall–Kier alpha value is -0.0800. The van der Waals surface area contributed by atoms with Crippen LogP contribution in [0.3, 0.4) is 0 Å². The molecule has 1 N–H and O–H groups in total. The summed E-state index contributed by atoms with van der Waals surface area (Å²) >= 11 is 0. The molecule has 2 aliphatic carbocycles. The minimum atomic E-state index is 0.117. The molecule has 2 heteroatoms. The van der Waals surface area contributed by atoms with Gasteiger partial charge in [0, 0.05) is 12.6 Å². The van der Waals surface area contributed by atoms with E-state index in [-0.39, 0.29) is 5.60 Å². The third-order valence-corrected chi connectivity index (χ3v) is 5.78. The van der Waals surface area contributed by atoms with Gasteiger partial charge in [0.1, 0.15) is 0 Å². The van der Waals surface area contributed by atoms with Crippen LogP contribution in [0.15, 0.2) is 0 Å². The highest BCUT2D eigenvalue weighted by Crippen LogP contribution is 2.39. The zero-order valence-corrected chi connectivity index (χ0v) is 14.8. The summed E-state index contributed by atoms with van der Waals surface area (Å²) in [6, 6.07) is 0.554. The predicted molar refractivity (Wildman–Crippen MR) is 90.6 cm³/mol. The maximum absolute atomic E-state index is 6.86. The summed E-state index contributed by atoms with van der Waals surface area (Å²) in [5, 5.41) is 3.67. The van der Waals surface area contributed by atoms with E-state index in [2.05, 4.69) is 33.0 Å². The lowest BCUT2D eigenvalue weighted by molar-refractivity contribution is -0.145. The van der Waals surface area contributed by atoms with Crippen molar-refractivity contribution in [1.82, 2.24) is 5.32 Å². The number of nitrogens with one attached hydrogen (secondary N) is 1. The van der Waals surface area contributed by atoms with Crippen molar-refractivity contribution < 1.29 is 4.74 Å². The first-order valence-corrected chi connectivity index (χ1v) is 9.46. The largest absolute Gasteiger partial charge is 0.370 e. The molecule has 0 aromatic carbocycles. The fourth-order valence-corrected chi connectivity index (χ4v) is 4.13. The molecule has 2 rings (SSSR count). The molecule has 0 spiro atoms. The standard InChI is InChI=1S/C19H37NO/c1-5-17-8-6-7-9-18(17)21-19(14-20-15(2)3)12-10-16(4)11-13-19/h15-18,20H,5-14H2,1-4H3. The van der Waals surface area contributed by atoms with Crippen molar-refractivity contribution in [1.29, 1.82) is 0 Å². The summed E-state index contributed by atoms with van der Waals surface area (Å²) in [5.41, 5.74) is 0.117. The third-order valence-electron chi connectivity index (χ3n) is 5.78. The van der Waals surface area contributed by atoms with Crippen LogP contribution in [0.2, 0.25) is 0 Å². The van der Waals surface area contributed by atoms with Crippen molar-refractivity contribution in [2.24, 2.45) is 11.8 Å². The molecule has 2 fully saturated rings. The van der Waals surface area contributed by atoms with E-state index in [0.29, 0.717) is 12.1 Å². The molecule has 0 heterocycles. The molecular formula is C19H37NO. The van der Waals surface area contributed by atoms with Gasteiger partial charge in [0.15, 0.2) is 0 Å². The van der Waals surface area contributed by atoms with Crippen LogP contribution >= 0.6 is 0 Å². The van der Waals surface area contributed by atoms with E-state index in [1.165, 1.54) is 57.8 Å². The molecular weight excluding hydrogens is 258 g/mol. The van der Waals surface area contributed by atoms with Crippen molar-refractivity contribution in [3.05, 3.63) is 0 Å². The predicted octanol–water partition coefficient (Wildman–Crippen LogP) is 4.92. The first kappa shape index (κ1) is 17.3. The van der Waals surface area contributed by atoms with Gasteiger partial charge >= 0.3 is 0 Å². The molecule has 0 bridgehead atoms. The van der Waals surface area contributed by atoms with Crippen molar-refractivity contribution in [3.8, 4) is 0 Å². The molecule has 2 unspecified atom stereocenters. The number of ether oxygens (including phenoxy) is 1. The number of hydrogen-bond donors (Lipinski definition) is 1. The topological polar surface area (TPSA) is 21.3 Å². The van der Waals surface area contributed by atoms with Gasteiger partial charge in [0.25, 0.3) is 0 Å². The van der Waals surface area contributed by atoms with E-state index in [1.54, 1.807) is 0 Å². The molecule has 0 aromatic heterocycles. The zero-order chi connectivity index (χ0) is 15.3. The molecule has 0 radical (unpaired) electrons. The highest BCUT2D eigenvalue weighted by atomic mass is 16.5. The Morgan fingerprint density at radius 1 is 1.10 bits per heavy atom. The Labute approximate surface area is 132 Å². The lowest BCUT2D eigenvalue weighted by Crippen LogP contribution is -2.50. The number of hydrogen-bond acceptors (Lipinski definition) is 2. The van der Waals surface area contributed by atoms with Gasteiger partial charge < -0.3 is 10.1 Å². The molecule has 0 aliphatic heterocycles. The minimum Gasteiger partial charge on any atom is -0.370 e. The smallest absolute Gasteiger partial charge is 0.0810 e. The molecule has 2 nitrogen and oxygen atoms in total. The molecule has 2 saturated carbocycles. The Bertz CT molecular complexity index is 294. The van der Waals surface area contributed by atoms with Gasteiger partial charge in [-0.1, -0.05) is 47.0 Å². The highest BCUT2D eigenvalue weighted by molar-refractivity contribution is 4.91. The fourth-order valence-electron chi connectivity index (χ4n) is 4.13. The maximum Gasteiger partial charge on any atom is 0.0810 e. The van der Waals surface area contributed by atoms with Crippen LogP contribution < -0.4 is 5.32 Å². The first-order valence-electron chi connectivity index (χ1n) is 9.46. The summed E-state index contributed by atoms with van der Waals surface area (Å²) in [5.74, 6) is 1.68.